The van der Waals surface area contributed by atoms with Crippen LogP contribution in [0.25, 0.3) is 76.4 Å². The summed E-state index contributed by atoms with van der Waals surface area (Å²) in [6, 6.07) is 69.7. The zero-order valence-electron chi connectivity index (χ0n) is 28.3. The summed E-state index contributed by atoms with van der Waals surface area (Å²) in [6.07, 6.45) is 0. The summed E-state index contributed by atoms with van der Waals surface area (Å²) in [6.45, 7) is 0. The lowest BCUT2D eigenvalue weighted by molar-refractivity contribution is 1.30. The van der Waals surface area contributed by atoms with Crippen molar-refractivity contribution in [3.8, 4) is 65.6 Å². The largest absolute Gasteiger partial charge is 0.309 e. The Balaban J connectivity index is 1.11. The normalized spacial score (nSPS) is 11.5. The molecule has 1 aliphatic carbocycles. The van der Waals surface area contributed by atoms with Crippen LogP contribution in [0.2, 0.25) is 0 Å². The zero-order valence-corrected chi connectivity index (χ0v) is 29.1. The lowest BCUT2D eigenvalue weighted by atomic mass is 9.98. The quantitative estimate of drug-likeness (QED) is 0.167. The summed E-state index contributed by atoms with van der Waals surface area (Å²) in [5.74, 6) is 0. The molecule has 9 aromatic rings. The molecule has 1 aliphatic rings. The second-order valence-corrected chi connectivity index (χ2v) is 14.1. The van der Waals surface area contributed by atoms with Crippen LogP contribution >= 0.6 is 11.3 Å². The Kier molecular flexibility index (Phi) is 7.37. The summed E-state index contributed by atoms with van der Waals surface area (Å²) >= 11 is 1.79. The summed E-state index contributed by atoms with van der Waals surface area (Å²) in [7, 11) is 0. The van der Waals surface area contributed by atoms with Crippen LogP contribution in [0.5, 0.6) is 0 Å². The molecule has 10 rings (SSSR count). The Morgan fingerprint density at radius 1 is 0.365 bits per heavy atom. The minimum absolute atomic E-state index is 1.06. The van der Waals surface area contributed by atoms with Crippen LogP contribution in [0, 0.1) is 0 Å². The van der Waals surface area contributed by atoms with Gasteiger partial charge in [0, 0.05) is 38.7 Å². The number of hydrogen-bond donors (Lipinski definition) is 0. The lowest BCUT2D eigenvalue weighted by Gasteiger charge is -2.29. The number of anilines is 3. The van der Waals surface area contributed by atoms with Crippen LogP contribution < -0.4 is 4.90 Å². The summed E-state index contributed by atoms with van der Waals surface area (Å²) < 4.78 is 0. The maximum Gasteiger partial charge on any atom is 0.124 e. The number of aromatic nitrogens is 1. The van der Waals surface area contributed by atoms with Gasteiger partial charge in [-0.25, -0.2) is 4.98 Å². The van der Waals surface area contributed by atoms with Gasteiger partial charge in [-0.1, -0.05) is 170 Å². The first-order valence-electron chi connectivity index (χ1n) is 17.6. The highest BCUT2D eigenvalue weighted by molar-refractivity contribution is 7.19. The van der Waals surface area contributed by atoms with Crippen molar-refractivity contribution < 1.29 is 0 Å². The fraction of sp³-hybridized carbons (Fsp3) is 0. The van der Waals surface area contributed by atoms with Crippen LogP contribution in [-0.4, -0.2) is 4.98 Å². The molecule has 1 heterocycles. The maximum absolute atomic E-state index is 5.21. The maximum atomic E-state index is 5.21. The number of rotatable bonds is 7. The molecular weight excluding hydrogens is 649 g/mol. The first kappa shape index (κ1) is 30.3. The van der Waals surface area contributed by atoms with Gasteiger partial charge in [0.15, 0.2) is 0 Å². The van der Waals surface area contributed by atoms with Gasteiger partial charge in [-0.3, -0.25) is 0 Å². The highest BCUT2D eigenvalue weighted by atomic mass is 32.1. The van der Waals surface area contributed by atoms with E-state index >= 15 is 0 Å². The Bertz CT molecular complexity index is 2670. The Morgan fingerprint density at radius 2 is 0.904 bits per heavy atom. The number of benzene rings is 8. The van der Waals surface area contributed by atoms with E-state index in [1.165, 1.54) is 60.2 Å². The van der Waals surface area contributed by atoms with Gasteiger partial charge >= 0.3 is 0 Å². The molecule has 0 radical (unpaired) electrons. The minimum Gasteiger partial charge on any atom is -0.309 e. The van der Waals surface area contributed by atoms with Crippen molar-refractivity contribution in [2.75, 3.05) is 4.90 Å². The summed E-state index contributed by atoms with van der Waals surface area (Å²) in [4.78, 5) is 8.89. The molecule has 0 amide bonds. The third-order valence-electron chi connectivity index (χ3n) is 10.1. The van der Waals surface area contributed by atoms with Gasteiger partial charge in [0.25, 0.3) is 0 Å². The molecule has 0 unspecified atom stereocenters. The van der Waals surface area contributed by atoms with Crippen LogP contribution in [0.1, 0.15) is 0 Å². The lowest BCUT2D eigenvalue weighted by Crippen LogP contribution is -2.12. The van der Waals surface area contributed by atoms with Crippen molar-refractivity contribution >= 4 is 39.2 Å². The third kappa shape index (κ3) is 5.14. The van der Waals surface area contributed by atoms with Gasteiger partial charge in [-0.15, -0.1) is 11.3 Å². The standard InChI is InChI=1S/C49H32N2S/c1-4-13-33(14-5-1)34-23-25-35(26-24-34)36-27-29-39(30-28-36)51(44-22-11-10-19-40(44)37-15-6-2-7-16-37)45-32-31-42-46-41(45)20-12-21-43(46)48-47(42)50-49(52-48)38-17-8-3-9-18-38/h1-32H. The van der Waals surface area contributed by atoms with E-state index in [9.17, 15) is 0 Å². The predicted octanol–water partition coefficient (Wildman–Crippen LogP) is 14.1. The van der Waals surface area contributed by atoms with Gasteiger partial charge in [0.2, 0.25) is 0 Å². The zero-order chi connectivity index (χ0) is 34.4. The van der Waals surface area contributed by atoms with Crippen molar-refractivity contribution in [1.29, 1.82) is 0 Å². The topological polar surface area (TPSA) is 16.1 Å². The van der Waals surface area contributed by atoms with E-state index < -0.39 is 0 Å². The molecule has 0 fully saturated rings. The molecule has 52 heavy (non-hydrogen) atoms. The predicted molar refractivity (Wildman–Crippen MR) is 220 cm³/mol. The second-order valence-electron chi connectivity index (χ2n) is 13.1. The van der Waals surface area contributed by atoms with Crippen LogP contribution in [0.4, 0.5) is 17.1 Å². The van der Waals surface area contributed by atoms with E-state index in [0.717, 1.165) is 33.3 Å². The molecule has 3 heteroatoms. The molecule has 0 N–H and O–H groups in total. The van der Waals surface area contributed by atoms with E-state index in [0.29, 0.717) is 0 Å². The molecule has 1 aromatic heterocycles. The monoisotopic (exact) mass is 680 g/mol. The second kappa shape index (κ2) is 12.6. The van der Waals surface area contributed by atoms with E-state index in [1.54, 1.807) is 11.3 Å². The van der Waals surface area contributed by atoms with E-state index in [1.807, 2.05) is 0 Å². The number of thiazole rings is 1. The SMILES string of the molecule is c1ccc(-c2ccc(-c3ccc(N(c4ccccc4-c4ccccc4)c4ccc5c6c(cccc46)-c4sc(-c6ccccc6)nc4-5)cc3)cc2)cc1. The van der Waals surface area contributed by atoms with Gasteiger partial charge in [-0.2, -0.15) is 0 Å². The number of hydrogen-bond acceptors (Lipinski definition) is 3. The highest BCUT2D eigenvalue weighted by Gasteiger charge is 2.29. The smallest absolute Gasteiger partial charge is 0.124 e. The Morgan fingerprint density at radius 3 is 1.58 bits per heavy atom. The molecule has 0 aliphatic heterocycles. The fourth-order valence-corrected chi connectivity index (χ4v) is 8.71. The van der Waals surface area contributed by atoms with Gasteiger partial charge in [0.1, 0.15) is 5.01 Å². The number of para-hydroxylation sites is 1. The van der Waals surface area contributed by atoms with Crippen LogP contribution in [0.3, 0.4) is 0 Å². The van der Waals surface area contributed by atoms with Crippen LogP contribution in [0.15, 0.2) is 194 Å². The van der Waals surface area contributed by atoms with Crippen molar-refractivity contribution in [2.45, 2.75) is 0 Å². The average molecular weight is 681 g/mol. The average Bonchev–Trinajstić information content (AvgIpc) is 3.80. The molecular formula is C49H32N2S. The first-order valence-corrected chi connectivity index (χ1v) is 18.4. The molecule has 2 nitrogen and oxygen atoms in total. The van der Waals surface area contributed by atoms with Crippen molar-refractivity contribution in [2.24, 2.45) is 0 Å². The molecule has 0 spiro atoms. The Labute approximate surface area is 307 Å². The first-order chi connectivity index (χ1) is 25.8. The molecule has 0 atom stereocenters. The molecule has 8 aromatic carbocycles. The summed E-state index contributed by atoms with van der Waals surface area (Å²) in [5.41, 5.74) is 15.3. The van der Waals surface area contributed by atoms with Gasteiger partial charge in [0.05, 0.1) is 21.9 Å². The van der Waals surface area contributed by atoms with Crippen molar-refractivity contribution in [1.82, 2.24) is 4.98 Å². The highest BCUT2D eigenvalue weighted by Crippen LogP contribution is 2.54. The van der Waals surface area contributed by atoms with Crippen molar-refractivity contribution in [3.63, 3.8) is 0 Å². The fourth-order valence-electron chi connectivity index (χ4n) is 7.59. The van der Waals surface area contributed by atoms with Crippen molar-refractivity contribution in [3.05, 3.63) is 194 Å². The van der Waals surface area contributed by atoms with Gasteiger partial charge in [-0.05, 0) is 52.1 Å². The third-order valence-corrected chi connectivity index (χ3v) is 11.2. The molecule has 0 bridgehead atoms. The molecule has 244 valence electrons. The summed E-state index contributed by atoms with van der Waals surface area (Å²) in [5, 5.41) is 3.54. The number of nitrogens with zero attached hydrogens (tertiary/aromatic N) is 2. The molecule has 0 saturated heterocycles. The van der Waals surface area contributed by atoms with E-state index in [-0.39, 0.29) is 0 Å². The van der Waals surface area contributed by atoms with E-state index in [4.69, 9.17) is 4.98 Å². The van der Waals surface area contributed by atoms with E-state index in [2.05, 4.69) is 199 Å². The van der Waals surface area contributed by atoms with Gasteiger partial charge < -0.3 is 4.90 Å². The van der Waals surface area contributed by atoms with Crippen LogP contribution in [-0.2, 0) is 0 Å². The number of fused-ring (bicyclic) bond motifs is 3. The Hall–Kier alpha value is -6.55. The molecule has 0 saturated carbocycles. The minimum atomic E-state index is 1.06.